The maximum atomic E-state index is 13.1. The summed E-state index contributed by atoms with van der Waals surface area (Å²) in [4.78, 5) is 0. The van der Waals surface area contributed by atoms with Crippen LogP contribution in [0.15, 0.2) is 27.2 Å². The van der Waals surface area contributed by atoms with Gasteiger partial charge in [0, 0.05) is 12.1 Å². The maximum Gasteiger partial charge on any atom is 0.138 e. The van der Waals surface area contributed by atoms with E-state index in [0.29, 0.717) is 4.47 Å². The van der Waals surface area contributed by atoms with E-state index >= 15 is 0 Å². The summed E-state index contributed by atoms with van der Waals surface area (Å²) in [5.41, 5.74) is 3.13. The fourth-order valence-electron chi connectivity index (χ4n) is 1.90. The molecule has 102 valence electrons. The molecule has 0 radical (unpaired) electrons. The molecule has 3 nitrogen and oxygen atoms in total. The number of nitrogens with one attached hydrogen (secondary N) is 1. The van der Waals surface area contributed by atoms with E-state index in [1.165, 1.54) is 6.07 Å². The molecule has 0 amide bonds. The standard InChI is InChI=1S/C14H16BrFN2O/c1-9-12(10(2)19-18-9)8-17-6-5-11-3-4-14(16)13(15)7-11/h3-4,7,17H,5-6,8H2,1-2H3. The number of rotatable bonds is 5. The van der Waals surface area contributed by atoms with Gasteiger partial charge in [-0.1, -0.05) is 11.2 Å². The minimum absolute atomic E-state index is 0.229. The first-order valence-electron chi connectivity index (χ1n) is 6.14. The molecule has 0 aliphatic heterocycles. The van der Waals surface area contributed by atoms with Gasteiger partial charge in [0.25, 0.3) is 0 Å². The highest BCUT2D eigenvalue weighted by Gasteiger charge is 2.07. The second kappa shape index (κ2) is 6.30. The van der Waals surface area contributed by atoms with Crippen molar-refractivity contribution < 1.29 is 8.91 Å². The van der Waals surface area contributed by atoms with E-state index < -0.39 is 0 Å². The third-order valence-corrected chi connectivity index (χ3v) is 3.67. The maximum absolute atomic E-state index is 13.1. The van der Waals surface area contributed by atoms with Crippen LogP contribution in [0.25, 0.3) is 0 Å². The first-order valence-corrected chi connectivity index (χ1v) is 6.93. The van der Waals surface area contributed by atoms with E-state index in [9.17, 15) is 4.39 Å². The number of aromatic nitrogens is 1. The van der Waals surface area contributed by atoms with Crippen molar-refractivity contribution in [3.05, 3.63) is 51.1 Å². The highest BCUT2D eigenvalue weighted by molar-refractivity contribution is 9.10. The topological polar surface area (TPSA) is 38.1 Å². The van der Waals surface area contributed by atoms with Gasteiger partial charge in [0.05, 0.1) is 10.2 Å². The third kappa shape index (κ3) is 3.64. The summed E-state index contributed by atoms with van der Waals surface area (Å²) in [5, 5.41) is 7.25. The second-order valence-corrected chi connectivity index (χ2v) is 5.33. The first kappa shape index (κ1) is 14.2. The van der Waals surface area contributed by atoms with E-state index in [2.05, 4.69) is 26.4 Å². The number of nitrogens with zero attached hydrogens (tertiary/aromatic N) is 1. The minimum Gasteiger partial charge on any atom is -0.361 e. The fraction of sp³-hybridized carbons (Fsp3) is 0.357. The van der Waals surface area contributed by atoms with Crippen LogP contribution >= 0.6 is 15.9 Å². The molecule has 1 heterocycles. The Morgan fingerprint density at radius 1 is 1.37 bits per heavy atom. The van der Waals surface area contributed by atoms with Gasteiger partial charge in [0.1, 0.15) is 11.6 Å². The number of hydrogen-bond donors (Lipinski definition) is 1. The van der Waals surface area contributed by atoms with Gasteiger partial charge < -0.3 is 9.84 Å². The average molecular weight is 327 g/mol. The Kier molecular flexibility index (Phi) is 4.71. The van der Waals surface area contributed by atoms with Crippen LogP contribution in [0.2, 0.25) is 0 Å². The van der Waals surface area contributed by atoms with Crippen molar-refractivity contribution in [1.29, 1.82) is 0 Å². The molecule has 0 saturated heterocycles. The smallest absolute Gasteiger partial charge is 0.138 e. The van der Waals surface area contributed by atoms with E-state index in [1.54, 1.807) is 6.07 Å². The summed E-state index contributed by atoms with van der Waals surface area (Å²) in [6.07, 6.45) is 0.849. The summed E-state index contributed by atoms with van der Waals surface area (Å²) >= 11 is 3.19. The van der Waals surface area contributed by atoms with Crippen LogP contribution in [0.1, 0.15) is 22.6 Å². The molecule has 19 heavy (non-hydrogen) atoms. The van der Waals surface area contributed by atoms with Gasteiger partial charge in [0.15, 0.2) is 0 Å². The quantitative estimate of drug-likeness (QED) is 0.854. The van der Waals surface area contributed by atoms with Gasteiger partial charge in [-0.2, -0.15) is 0 Å². The normalized spacial score (nSPS) is 10.9. The summed E-state index contributed by atoms with van der Waals surface area (Å²) in [7, 11) is 0. The fourth-order valence-corrected chi connectivity index (χ4v) is 2.32. The highest BCUT2D eigenvalue weighted by atomic mass is 79.9. The predicted molar refractivity (Wildman–Crippen MR) is 75.5 cm³/mol. The van der Waals surface area contributed by atoms with Gasteiger partial charge in [-0.15, -0.1) is 0 Å². The molecule has 1 aromatic heterocycles. The Balaban J connectivity index is 1.82. The van der Waals surface area contributed by atoms with Crippen molar-refractivity contribution in [3.8, 4) is 0 Å². The molecule has 2 aromatic rings. The molecular weight excluding hydrogens is 311 g/mol. The van der Waals surface area contributed by atoms with E-state index in [1.807, 2.05) is 19.9 Å². The zero-order chi connectivity index (χ0) is 13.8. The molecule has 1 N–H and O–H groups in total. The Hall–Kier alpha value is -1.20. The van der Waals surface area contributed by atoms with Crippen molar-refractivity contribution in [3.63, 3.8) is 0 Å². The minimum atomic E-state index is -0.229. The second-order valence-electron chi connectivity index (χ2n) is 4.48. The lowest BCUT2D eigenvalue weighted by Crippen LogP contribution is -2.17. The molecule has 1 aromatic carbocycles. The number of benzene rings is 1. The van der Waals surface area contributed by atoms with Crippen LogP contribution in [0.3, 0.4) is 0 Å². The monoisotopic (exact) mass is 326 g/mol. The van der Waals surface area contributed by atoms with Crippen molar-refractivity contribution in [1.82, 2.24) is 10.5 Å². The van der Waals surface area contributed by atoms with Crippen molar-refractivity contribution in [2.75, 3.05) is 6.54 Å². The number of hydrogen-bond acceptors (Lipinski definition) is 3. The van der Waals surface area contributed by atoms with Gasteiger partial charge in [-0.25, -0.2) is 4.39 Å². The molecule has 0 bridgehead atoms. The summed E-state index contributed by atoms with van der Waals surface area (Å²) in [6.45, 7) is 5.41. The van der Waals surface area contributed by atoms with Crippen molar-refractivity contribution in [2.24, 2.45) is 0 Å². The highest BCUT2D eigenvalue weighted by Crippen LogP contribution is 2.17. The molecule has 0 spiro atoms. The zero-order valence-corrected chi connectivity index (χ0v) is 12.6. The lowest BCUT2D eigenvalue weighted by atomic mass is 10.1. The third-order valence-electron chi connectivity index (χ3n) is 3.06. The molecule has 0 fully saturated rings. The van der Waals surface area contributed by atoms with Crippen LogP contribution in [0.5, 0.6) is 0 Å². The van der Waals surface area contributed by atoms with Gasteiger partial charge in [-0.3, -0.25) is 0 Å². The van der Waals surface area contributed by atoms with Gasteiger partial charge in [-0.05, 0) is 60.4 Å². The molecule has 0 aliphatic carbocycles. The van der Waals surface area contributed by atoms with Crippen LogP contribution in [-0.4, -0.2) is 11.7 Å². The Bertz CT molecular complexity index is 549. The van der Waals surface area contributed by atoms with E-state index in [0.717, 1.165) is 42.1 Å². The molecular formula is C14H16BrFN2O. The van der Waals surface area contributed by atoms with Crippen LogP contribution in [-0.2, 0) is 13.0 Å². The van der Waals surface area contributed by atoms with Gasteiger partial charge >= 0.3 is 0 Å². The Morgan fingerprint density at radius 2 is 2.16 bits per heavy atom. The molecule has 0 unspecified atom stereocenters. The van der Waals surface area contributed by atoms with Gasteiger partial charge in [0.2, 0.25) is 0 Å². The van der Waals surface area contributed by atoms with Crippen molar-refractivity contribution >= 4 is 15.9 Å². The summed E-state index contributed by atoms with van der Waals surface area (Å²) < 4.78 is 18.7. The molecule has 0 aliphatic rings. The van der Waals surface area contributed by atoms with E-state index in [4.69, 9.17) is 4.52 Å². The van der Waals surface area contributed by atoms with Crippen molar-refractivity contribution in [2.45, 2.75) is 26.8 Å². The molecule has 2 rings (SSSR count). The first-order chi connectivity index (χ1) is 9.08. The molecule has 0 atom stereocenters. The van der Waals surface area contributed by atoms with Crippen LogP contribution in [0, 0.1) is 19.7 Å². The average Bonchev–Trinajstić information content (AvgIpc) is 2.70. The molecule has 0 saturated carbocycles. The Labute approximate surface area is 120 Å². The summed E-state index contributed by atoms with van der Waals surface area (Å²) in [6, 6.07) is 5.10. The summed E-state index contributed by atoms with van der Waals surface area (Å²) in [5.74, 6) is 0.627. The Morgan fingerprint density at radius 3 is 2.79 bits per heavy atom. The van der Waals surface area contributed by atoms with Crippen LogP contribution in [0.4, 0.5) is 4.39 Å². The number of halogens is 2. The lowest BCUT2D eigenvalue weighted by Gasteiger charge is -2.05. The predicted octanol–water partition coefficient (Wildman–Crippen LogP) is 3.53. The number of aryl methyl sites for hydroxylation is 2. The van der Waals surface area contributed by atoms with Crippen LogP contribution < -0.4 is 5.32 Å². The zero-order valence-electron chi connectivity index (χ0n) is 11.0. The SMILES string of the molecule is Cc1noc(C)c1CNCCc1ccc(F)c(Br)c1. The lowest BCUT2D eigenvalue weighted by molar-refractivity contribution is 0.392. The van der Waals surface area contributed by atoms with E-state index in [-0.39, 0.29) is 5.82 Å². The molecule has 5 heteroatoms. The largest absolute Gasteiger partial charge is 0.361 e.